The van der Waals surface area contributed by atoms with Crippen molar-refractivity contribution in [1.29, 1.82) is 0 Å². The molecule has 0 unspecified atom stereocenters. The number of para-hydroxylation sites is 1. The Morgan fingerprint density at radius 2 is 1.86 bits per heavy atom. The van der Waals surface area contributed by atoms with Crippen molar-refractivity contribution in [3.63, 3.8) is 0 Å². The highest BCUT2D eigenvalue weighted by molar-refractivity contribution is 7.89. The molecule has 0 aliphatic carbocycles. The molecular weight excluding hydrogens is 299 g/mol. The average Bonchev–Trinajstić information content (AvgIpc) is 2.34. The Morgan fingerprint density at radius 3 is 2.29 bits per heavy atom. The summed E-state index contributed by atoms with van der Waals surface area (Å²) in [7, 11) is -4.14. The zero-order valence-corrected chi connectivity index (χ0v) is 13.2. The van der Waals surface area contributed by atoms with Crippen LogP contribution in [0, 0.1) is 21.8 Å². The molecule has 0 aromatic heterocycles. The van der Waals surface area contributed by atoms with Crippen LogP contribution in [0.3, 0.4) is 0 Å². The summed E-state index contributed by atoms with van der Waals surface area (Å²) in [6.45, 7) is 7.22. The molecule has 1 aromatic rings. The molecule has 0 saturated heterocycles. The lowest BCUT2D eigenvalue weighted by atomic mass is 10.2. The van der Waals surface area contributed by atoms with Crippen LogP contribution in [-0.4, -0.2) is 30.2 Å². The molecule has 0 aliphatic heterocycles. The lowest BCUT2D eigenvalue weighted by Gasteiger charge is -2.27. The Kier molecular flexibility index (Phi) is 5.41. The summed E-state index contributed by atoms with van der Waals surface area (Å²) in [6, 6.07) is 2.70. The Hall–Kier alpha value is -1.54. The van der Waals surface area contributed by atoms with Crippen LogP contribution in [0.5, 0.6) is 0 Å². The predicted octanol–water partition coefficient (Wildman–Crippen LogP) is 2.79. The number of benzene rings is 1. The number of halogens is 1. The Morgan fingerprint density at radius 1 is 1.29 bits per heavy atom. The molecule has 0 spiro atoms. The second-order valence-electron chi connectivity index (χ2n) is 5.41. The Balaban J connectivity index is 3.49. The van der Waals surface area contributed by atoms with Gasteiger partial charge in [0.15, 0.2) is 4.90 Å². The Labute approximate surface area is 123 Å². The van der Waals surface area contributed by atoms with E-state index in [1.807, 2.05) is 13.8 Å². The van der Waals surface area contributed by atoms with Gasteiger partial charge in [-0.05, 0) is 31.9 Å². The molecule has 0 aliphatic rings. The van der Waals surface area contributed by atoms with Crippen molar-refractivity contribution in [2.75, 3.05) is 6.54 Å². The predicted molar refractivity (Wildman–Crippen MR) is 76.9 cm³/mol. The fraction of sp³-hybridized carbons (Fsp3) is 0.538. The zero-order valence-electron chi connectivity index (χ0n) is 12.4. The Bertz CT molecular complexity index is 629. The van der Waals surface area contributed by atoms with Crippen molar-refractivity contribution in [3.8, 4) is 0 Å². The van der Waals surface area contributed by atoms with Gasteiger partial charge in [-0.3, -0.25) is 10.1 Å². The van der Waals surface area contributed by atoms with Crippen molar-refractivity contribution in [1.82, 2.24) is 4.31 Å². The molecule has 0 bridgehead atoms. The number of hydrogen-bond acceptors (Lipinski definition) is 4. The van der Waals surface area contributed by atoms with Crippen LogP contribution in [0.1, 0.15) is 27.7 Å². The van der Waals surface area contributed by atoms with E-state index in [0.717, 1.165) is 22.5 Å². The maximum Gasteiger partial charge on any atom is 0.324 e. The second-order valence-corrected chi connectivity index (χ2v) is 7.26. The maximum atomic E-state index is 13.6. The molecule has 0 heterocycles. The first-order valence-corrected chi connectivity index (χ1v) is 7.97. The minimum absolute atomic E-state index is 0.0368. The van der Waals surface area contributed by atoms with Crippen molar-refractivity contribution in [2.45, 2.75) is 38.6 Å². The fourth-order valence-corrected chi connectivity index (χ4v) is 3.92. The van der Waals surface area contributed by atoms with Crippen LogP contribution in [0.2, 0.25) is 0 Å². The van der Waals surface area contributed by atoms with E-state index >= 15 is 0 Å². The molecule has 0 N–H and O–H groups in total. The normalized spacial score (nSPS) is 12.4. The zero-order chi connectivity index (χ0) is 16.4. The molecule has 21 heavy (non-hydrogen) atoms. The first-order valence-electron chi connectivity index (χ1n) is 6.53. The molecule has 0 amide bonds. The highest BCUT2D eigenvalue weighted by atomic mass is 32.2. The first-order chi connectivity index (χ1) is 9.59. The number of nitro benzene ring substituents is 1. The molecule has 0 saturated carbocycles. The van der Waals surface area contributed by atoms with E-state index in [1.165, 1.54) is 0 Å². The smallest absolute Gasteiger partial charge is 0.258 e. The van der Waals surface area contributed by atoms with Crippen LogP contribution in [0.4, 0.5) is 10.1 Å². The van der Waals surface area contributed by atoms with Gasteiger partial charge in [0.25, 0.3) is 0 Å². The van der Waals surface area contributed by atoms with Gasteiger partial charge in [-0.2, -0.15) is 8.70 Å². The number of nitro groups is 1. The van der Waals surface area contributed by atoms with Gasteiger partial charge in [0, 0.05) is 12.6 Å². The summed E-state index contributed by atoms with van der Waals surface area (Å²) in [5, 5.41) is 11.0. The van der Waals surface area contributed by atoms with Crippen LogP contribution in [-0.2, 0) is 10.0 Å². The molecule has 0 atom stereocenters. The first kappa shape index (κ1) is 17.5. The van der Waals surface area contributed by atoms with E-state index in [4.69, 9.17) is 0 Å². The molecule has 8 heteroatoms. The summed E-state index contributed by atoms with van der Waals surface area (Å²) in [5.41, 5.74) is -1.01. The van der Waals surface area contributed by atoms with Gasteiger partial charge >= 0.3 is 5.69 Å². The van der Waals surface area contributed by atoms with Gasteiger partial charge < -0.3 is 0 Å². The monoisotopic (exact) mass is 318 g/mol. The number of hydrogen-bond donors (Lipinski definition) is 0. The fourth-order valence-electron chi connectivity index (χ4n) is 1.95. The minimum atomic E-state index is -4.14. The highest BCUT2D eigenvalue weighted by Gasteiger charge is 2.35. The third kappa shape index (κ3) is 3.76. The van der Waals surface area contributed by atoms with Gasteiger partial charge in [-0.15, -0.1) is 0 Å². The molecule has 6 nitrogen and oxygen atoms in total. The van der Waals surface area contributed by atoms with Crippen LogP contribution in [0.15, 0.2) is 23.1 Å². The quantitative estimate of drug-likeness (QED) is 0.596. The van der Waals surface area contributed by atoms with E-state index in [2.05, 4.69) is 0 Å². The van der Waals surface area contributed by atoms with E-state index < -0.39 is 31.3 Å². The molecule has 118 valence electrons. The van der Waals surface area contributed by atoms with E-state index in [1.54, 1.807) is 13.8 Å². The minimum Gasteiger partial charge on any atom is -0.258 e. The van der Waals surface area contributed by atoms with E-state index in [9.17, 15) is 22.9 Å². The van der Waals surface area contributed by atoms with E-state index in [-0.39, 0.29) is 18.5 Å². The third-order valence-corrected chi connectivity index (χ3v) is 4.91. The topological polar surface area (TPSA) is 80.5 Å². The molecule has 0 fully saturated rings. The average molecular weight is 318 g/mol. The summed E-state index contributed by atoms with van der Waals surface area (Å²) >= 11 is 0. The van der Waals surface area contributed by atoms with Gasteiger partial charge in [0.2, 0.25) is 15.8 Å². The molecular formula is C13H19FN2O4S. The lowest BCUT2D eigenvalue weighted by Crippen LogP contribution is -2.39. The largest absolute Gasteiger partial charge is 0.324 e. The molecule has 1 rings (SSSR count). The van der Waals surface area contributed by atoms with Gasteiger partial charge in [0.05, 0.1) is 4.92 Å². The molecule has 0 radical (unpaired) electrons. The summed E-state index contributed by atoms with van der Waals surface area (Å²) in [5.74, 6) is -1.12. The standard InChI is InChI=1S/C13H19FN2O4S/c1-9(2)8-15(10(3)4)21(19,20)12-7-5-6-11(14)13(12)16(17)18/h5-7,9-10H,8H2,1-4H3. The summed E-state index contributed by atoms with van der Waals surface area (Å²) in [4.78, 5) is 9.37. The second kappa shape index (κ2) is 6.48. The number of sulfonamides is 1. The van der Waals surface area contributed by atoms with Crippen LogP contribution in [0.25, 0.3) is 0 Å². The van der Waals surface area contributed by atoms with Crippen LogP contribution < -0.4 is 0 Å². The highest BCUT2D eigenvalue weighted by Crippen LogP contribution is 2.30. The van der Waals surface area contributed by atoms with Crippen molar-refractivity contribution < 1.29 is 17.7 Å². The summed E-state index contributed by atoms with van der Waals surface area (Å²) in [6.07, 6.45) is 0. The van der Waals surface area contributed by atoms with Crippen LogP contribution >= 0.6 is 0 Å². The van der Waals surface area contributed by atoms with Crippen molar-refractivity contribution in [3.05, 3.63) is 34.1 Å². The maximum absolute atomic E-state index is 13.6. The number of nitrogens with zero attached hydrogens (tertiary/aromatic N) is 2. The van der Waals surface area contributed by atoms with Crippen molar-refractivity contribution in [2.24, 2.45) is 5.92 Å². The van der Waals surface area contributed by atoms with Crippen molar-refractivity contribution >= 4 is 15.7 Å². The lowest BCUT2D eigenvalue weighted by molar-refractivity contribution is -0.390. The van der Waals surface area contributed by atoms with Gasteiger partial charge in [0.1, 0.15) is 0 Å². The molecule has 1 aromatic carbocycles. The van der Waals surface area contributed by atoms with Gasteiger partial charge in [-0.1, -0.05) is 19.9 Å². The summed E-state index contributed by atoms with van der Waals surface area (Å²) < 4.78 is 40.1. The third-order valence-electron chi connectivity index (χ3n) is 2.84. The van der Waals surface area contributed by atoms with E-state index in [0.29, 0.717) is 0 Å². The SMILES string of the molecule is CC(C)CN(C(C)C)S(=O)(=O)c1cccc(F)c1[N+](=O)[O-]. The van der Waals surface area contributed by atoms with Gasteiger partial charge in [-0.25, -0.2) is 8.42 Å². The number of rotatable bonds is 6.